The summed E-state index contributed by atoms with van der Waals surface area (Å²) in [5.74, 6) is -0.422. The number of para-hydroxylation sites is 1. The summed E-state index contributed by atoms with van der Waals surface area (Å²) in [4.78, 5) is 19.7. The van der Waals surface area contributed by atoms with Crippen LogP contribution in [-0.2, 0) is 11.3 Å². The Morgan fingerprint density at radius 1 is 1.06 bits per heavy atom. The van der Waals surface area contributed by atoms with Crippen LogP contribution in [0.15, 0.2) is 66.9 Å². The van der Waals surface area contributed by atoms with Crippen LogP contribution in [0.4, 0.5) is 15.8 Å². The van der Waals surface area contributed by atoms with Gasteiger partial charge < -0.3 is 15.3 Å². The molecule has 6 nitrogen and oxygen atoms in total. The molecule has 1 atom stereocenters. The van der Waals surface area contributed by atoms with Crippen molar-refractivity contribution in [3.8, 4) is 0 Å². The standard InChI is InChI=1S/C25H27FN4O2/c1-18(31)28-20-10-8-19(9-11-20)17-29-13-15-30(16-14-29)24-21(5-4-6-22(24)26)25(32)23-7-2-3-12-27-23/h2-12,25,32H,13-17H2,1H3,(H,28,31). The first-order valence-corrected chi connectivity index (χ1v) is 10.7. The number of carbonyl (C=O) groups is 1. The summed E-state index contributed by atoms with van der Waals surface area (Å²) in [7, 11) is 0. The fraction of sp³-hybridized carbons (Fsp3) is 0.280. The average molecular weight is 435 g/mol. The van der Waals surface area contributed by atoms with Crippen LogP contribution in [-0.4, -0.2) is 47.1 Å². The van der Waals surface area contributed by atoms with E-state index in [1.807, 2.05) is 35.2 Å². The summed E-state index contributed by atoms with van der Waals surface area (Å²) in [6.45, 7) is 5.15. The molecule has 4 rings (SSSR count). The highest BCUT2D eigenvalue weighted by molar-refractivity contribution is 5.88. The first-order chi connectivity index (χ1) is 15.5. The Morgan fingerprint density at radius 2 is 1.81 bits per heavy atom. The molecule has 2 heterocycles. The minimum absolute atomic E-state index is 0.0884. The molecule has 7 heteroatoms. The number of aromatic nitrogens is 1. The lowest BCUT2D eigenvalue weighted by Gasteiger charge is -2.37. The molecule has 0 aliphatic carbocycles. The highest BCUT2D eigenvalue weighted by Crippen LogP contribution is 2.33. The van der Waals surface area contributed by atoms with E-state index < -0.39 is 6.10 Å². The number of benzene rings is 2. The van der Waals surface area contributed by atoms with E-state index in [1.54, 1.807) is 30.5 Å². The van der Waals surface area contributed by atoms with E-state index in [1.165, 1.54) is 13.0 Å². The Kier molecular flexibility index (Phi) is 6.78. The normalized spacial score (nSPS) is 15.4. The molecule has 3 aromatic rings. The number of amides is 1. The zero-order valence-corrected chi connectivity index (χ0v) is 18.0. The monoisotopic (exact) mass is 434 g/mol. The van der Waals surface area contributed by atoms with Gasteiger partial charge in [0.25, 0.3) is 0 Å². The fourth-order valence-electron chi connectivity index (χ4n) is 4.07. The predicted octanol–water partition coefficient (Wildman–Crippen LogP) is 3.58. The van der Waals surface area contributed by atoms with Gasteiger partial charge in [0, 0.05) is 57.1 Å². The summed E-state index contributed by atoms with van der Waals surface area (Å²) in [6, 6.07) is 18.0. The zero-order chi connectivity index (χ0) is 22.5. The molecule has 0 spiro atoms. The number of pyridine rings is 1. The van der Waals surface area contributed by atoms with Crippen LogP contribution >= 0.6 is 0 Å². The summed E-state index contributed by atoms with van der Waals surface area (Å²) in [5, 5.41) is 13.6. The highest BCUT2D eigenvalue weighted by atomic mass is 19.1. The first-order valence-electron chi connectivity index (χ1n) is 10.7. The largest absolute Gasteiger partial charge is 0.382 e. The van der Waals surface area contributed by atoms with Crippen molar-refractivity contribution in [3.63, 3.8) is 0 Å². The number of hydrogen-bond donors (Lipinski definition) is 2. The van der Waals surface area contributed by atoms with Crippen LogP contribution in [0.25, 0.3) is 0 Å². The number of nitrogens with zero attached hydrogens (tertiary/aromatic N) is 3. The minimum atomic E-state index is -0.984. The van der Waals surface area contributed by atoms with Gasteiger partial charge in [0.05, 0.1) is 11.4 Å². The lowest BCUT2D eigenvalue weighted by molar-refractivity contribution is -0.114. The molecule has 0 bridgehead atoms. The van der Waals surface area contributed by atoms with Crippen LogP contribution in [0.3, 0.4) is 0 Å². The molecule has 2 aromatic carbocycles. The van der Waals surface area contributed by atoms with Crippen molar-refractivity contribution in [1.82, 2.24) is 9.88 Å². The molecule has 166 valence electrons. The van der Waals surface area contributed by atoms with E-state index in [-0.39, 0.29) is 11.7 Å². The maximum atomic E-state index is 14.9. The summed E-state index contributed by atoms with van der Waals surface area (Å²) >= 11 is 0. The van der Waals surface area contributed by atoms with Gasteiger partial charge in [-0.25, -0.2) is 4.39 Å². The molecule has 1 amide bonds. The van der Waals surface area contributed by atoms with Gasteiger partial charge in [-0.1, -0.05) is 30.3 Å². The van der Waals surface area contributed by atoms with E-state index in [2.05, 4.69) is 15.2 Å². The van der Waals surface area contributed by atoms with Crippen LogP contribution in [0, 0.1) is 5.82 Å². The van der Waals surface area contributed by atoms with Gasteiger partial charge in [0.15, 0.2) is 0 Å². The molecule has 0 radical (unpaired) electrons. The molecule has 1 aromatic heterocycles. The summed E-state index contributed by atoms with van der Waals surface area (Å²) in [5.41, 5.74) is 3.42. The Morgan fingerprint density at radius 3 is 2.47 bits per heavy atom. The quantitative estimate of drug-likeness (QED) is 0.621. The van der Waals surface area contributed by atoms with Crippen molar-refractivity contribution in [3.05, 3.63) is 89.5 Å². The number of hydrogen-bond acceptors (Lipinski definition) is 5. The second-order valence-electron chi connectivity index (χ2n) is 7.98. The van der Waals surface area contributed by atoms with Crippen molar-refractivity contribution < 1.29 is 14.3 Å². The van der Waals surface area contributed by atoms with Crippen LogP contribution in [0.2, 0.25) is 0 Å². The van der Waals surface area contributed by atoms with Gasteiger partial charge in [-0.2, -0.15) is 0 Å². The maximum absolute atomic E-state index is 14.9. The van der Waals surface area contributed by atoms with E-state index in [4.69, 9.17) is 0 Å². The van der Waals surface area contributed by atoms with Gasteiger partial charge in [-0.05, 0) is 35.9 Å². The average Bonchev–Trinajstić information content (AvgIpc) is 2.81. The van der Waals surface area contributed by atoms with Gasteiger partial charge in [-0.15, -0.1) is 0 Å². The molecule has 0 saturated carbocycles. The van der Waals surface area contributed by atoms with Crippen LogP contribution < -0.4 is 10.2 Å². The lowest BCUT2D eigenvalue weighted by atomic mass is 10.0. The van der Waals surface area contributed by atoms with E-state index in [0.29, 0.717) is 30.0 Å². The second-order valence-corrected chi connectivity index (χ2v) is 7.98. The number of anilines is 2. The third-order valence-corrected chi connectivity index (χ3v) is 5.65. The topological polar surface area (TPSA) is 68.7 Å². The highest BCUT2D eigenvalue weighted by Gasteiger charge is 2.25. The molecule has 1 aliphatic heterocycles. The smallest absolute Gasteiger partial charge is 0.221 e. The third-order valence-electron chi connectivity index (χ3n) is 5.65. The number of aliphatic hydroxyl groups excluding tert-OH is 1. The van der Waals surface area contributed by atoms with Gasteiger partial charge in [-0.3, -0.25) is 14.7 Å². The molecular formula is C25H27FN4O2. The number of nitrogens with one attached hydrogen (secondary N) is 1. The number of halogens is 1. The predicted molar refractivity (Wildman–Crippen MR) is 123 cm³/mol. The molecule has 1 saturated heterocycles. The van der Waals surface area contributed by atoms with Gasteiger partial charge >= 0.3 is 0 Å². The molecule has 1 unspecified atom stereocenters. The molecule has 32 heavy (non-hydrogen) atoms. The molecule has 1 aliphatic rings. The van der Waals surface area contributed by atoms with Crippen molar-refractivity contribution >= 4 is 17.3 Å². The fourth-order valence-corrected chi connectivity index (χ4v) is 4.07. The van der Waals surface area contributed by atoms with Crippen molar-refractivity contribution in [2.75, 3.05) is 36.4 Å². The summed E-state index contributed by atoms with van der Waals surface area (Å²) in [6.07, 6.45) is 0.640. The van der Waals surface area contributed by atoms with E-state index >= 15 is 0 Å². The van der Waals surface area contributed by atoms with Crippen molar-refractivity contribution in [1.29, 1.82) is 0 Å². The maximum Gasteiger partial charge on any atom is 0.221 e. The SMILES string of the molecule is CC(=O)Nc1ccc(CN2CCN(c3c(F)cccc3C(O)c3ccccn3)CC2)cc1. The molecular weight excluding hydrogens is 407 g/mol. The minimum Gasteiger partial charge on any atom is -0.382 e. The van der Waals surface area contributed by atoms with E-state index in [9.17, 15) is 14.3 Å². The Balaban J connectivity index is 1.43. The number of piperazine rings is 1. The van der Waals surface area contributed by atoms with E-state index in [0.717, 1.165) is 30.9 Å². The zero-order valence-electron chi connectivity index (χ0n) is 18.0. The summed E-state index contributed by atoms with van der Waals surface area (Å²) < 4.78 is 14.9. The number of aliphatic hydroxyl groups is 1. The lowest BCUT2D eigenvalue weighted by Crippen LogP contribution is -2.46. The second kappa shape index (κ2) is 9.89. The third kappa shape index (κ3) is 5.12. The van der Waals surface area contributed by atoms with Gasteiger partial charge in [0.1, 0.15) is 11.9 Å². The van der Waals surface area contributed by atoms with Crippen molar-refractivity contribution in [2.45, 2.75) is 19.6 Å². The van der Waals surface area contributed by atoms with Crippen LogP contribution in [0.1, 0.15) is 29.8 Å². The number of carbonyl (C=O) groups excluding carboxylic acids is 1. The number of rotatable bonds is 6. The Bertz CT molecular complexity index is 1050. The Hall–Kier alpha value is -3.29. The first kappa shape index (κ1) is 21.9. The molecule has 2 N–H and O–H groups in total. The van der Waals surface area contributed by atoms with Gasteiger partial charge in [0.2, 0.25) is 5.91 Å². The van der Waals surface area contributed by atoms with Crippen LogP contribution in [0.5, 0.6) is 0 Å². The Labute approximate surface area is 187 Å². The van der Waals surface area contributed by atoms with Crippen molar-refractivity contribution in [2.24, 2.45) is 0 Å². The molecule has 1 fully saturated rings.